The Morgan fingerprint density at radius 1 is 1.17 bits per heavy atom. The first-order valence-electron chi connectivity index (χ1n) is 6.76. The summed E-state index contributed by atoms with van der Waals surface area (Å²) in [6.45, 7) is 0.283. The third-order valence-electron chi connectivity index (χ3n) is 3.76. The van der Waals surface area contributed by atoms with Crippen LogP contribution in [0.3, 0.4) is 0 Å². The zero-order chi connectivity index (χ0) is 12.8. The standard InChI is InChI=1S/C15H21NO2/c17-11-10-12-6-8-14(9-7-12)16-15(18)13-4-2-1-3-5-13/h1-5,12,14,17H,6-11H2,(H,16,18). The van der Waals surface area contributed by atoms with Crippen molar-refractivity contribution in [2.75, 3.05) is 6.61 Å². The normalized spacial score (nSPS) is 23.6. The minimum atomic E-state index is 0.0289. The van der Waals surface area contributed by atoms with Gasteiger partial charge in [-0.05, 0) is 50.2 Å². The summed E-state index contributed by atoms with van der Waals surface area (Å²) in [5, 5.41) is 12.0. The zero-order valence-corrected chi connectivity index (χ0v) is 10.6. The van der Waals surface area contributed by atoms with E-state index in [-0.39, 0.29) is 12.5 Å². The molecule has 1 aromatic carbocycles. The molecular formula is C15H21NO2. The van der Waals surface area contributed by atoms with Crippen LogP contribution < -0.4 is 5.32 Å². The molecule has 3 nitrogen and oxygen atoms in total. The van der Waals surface area contributed by atoms with E-state index in [4.69, 9.17) is 5.11 Å². The number of aliphatic hydroxyl groups excluding tert-OH is 1. The van der Waals surface area contributed by atoms with Crippen molar-refractivity contribution in [3.63, 3.8) is 0 Å². The maximum atomic E-state index is 12.0. The second-order valence-corrected chi connectivity index (χ2v) is 5.07. The molecule has 0 heterocycles. The molecular weight excluding hydrogens is 226 g/mol. The average molecular weight is 247 g/mol. The van der Waals surface area contributed by atoms with Crippen LogP contribution in [0, 0.1) is 5.92 Å². The van der Waals surface area contributed by atoms with Gasteiger partial charge in [0, 0.05) is 18.2 Å². The zero-order valence-electron chi connectivity index (χ0n) is 10.6. The van der Waals surface area contributed by atoms with Gasteiger partial charge in [0.15, 0.2) is 0 Å². The lowest BCUT2D eigenvalue weighted by atomic mass is 9.84. The molecule has 18 heavy (non-hydrogen) atoms. The van der Waals surface area contributed by atoms with Crippen molar-refractivity contribution < 1.29 is 9.90 Å². The highest BCUT2D eigenvalue weighted by Gasteiger charge is 2.22. The van der Waals surface area contributed by atoms with Gasteiger partial charge in [-0.15, -0.1) is 0 Å². The van der Waals surface area contributed by atoms with Gasteiger partial charge in [0.1, 0.15) is 0 Å². The third kappa shape index (κ3) is 3.57. The molecule has 0 aliphatic heterocycles. The number of rotatable bonds is 4. The molecule has 1 amide bonds. The highest BCUT2D eigenvalue weighted by Crippen LogP contribution is 2.26. The molecule has 0 aromatic heterocycles. The van der Waals surface area contributed by atoms with Gasteiger partial charge in [-0.2, -0.15) is 0 Å². The fraction of sp³-hybridized carbons (Fsp3) is 0.533. The van der Waals surface area contributed by atoms with Crippen molar-refractivity contribution >= 4 is 5.91 Å². The fourth-order valence-corrected chi connectivity index (χ4v) is 2.64. The predicted molar refractivity (Wildman–Crippen MR) is 71.4 cm³/mol. The molecule has 0 bridgehead atoms. The summed E-state index contributed by atoms with van der Waals surface area (Å²) < 4.78 is 0. The van der Waals surface area contributed by atoms with Crippen LogP contribution in [0.25, 0.3) is 0 Å². The molecule has 0 spiro atoms. The number of aliphatic hydroxyl groups is 1. The summed E-state index contributed by atoms with van der Waals surface area (Å²) in [5.41, 5.74) is 0.731. The topological polar surface area (TPSA) is 49.3 Å². The molecule has 2 N–H and O–H groups in total. The van der Waals surface area contributed by atoms with E-state index in [0.717, 1.165) is 37.7 Å². The molecule has 1 fully saturated rings. The highest BCUT2D eigenvalue weighted by molar-refractivity contribution is 5.94. The Bertz CT molecular complexity index is 369. The lowest BCUT2D eigenvalue weighted by molar-refractivity contribution is 0.0918. The largest absolute Gasteiger partial charge is 0.396 e. The lowest BCUT2D eigenvalue weighted by Gasteiger charge is -2.28. The van der Waals surface area contributed by atoms with Crippen molar-refractivity contribution in [2.24, 2.45) is 5.92 Å². The number of carbonyl (C=O) groups excluding carboxylic acids is 1. The van der Waals surface area contributed by atoms with Crippen LogP contribution in [0.15, 0.2) is 30.3 Å². The van der Waals surface area contributed by atoms with Crippen molar-refractivity contribution in [1.82, 2.24) is 5.32 Å². The Morgan fingerprint density at radius 3 is 2.44 bits per heavy atom. The molecule has 98 valence electrons. The van der Waals surface area contributed by atoms with E-state index >= 15 is 0 Å². The fourth-order valence-electron chi connectivity index (χ4n) is 2.64. The van der Waals surface area contributed by atoms with Crippen LogP contribution in [0.2, 0.25) is 0 Å². The van der Waals surface area contributed by atoms with Gasteiger partial charge < -0.3 is 10.4 Å². The Hall–Kier alpha value is -1.35. The Balaban J connectivity index is 1.80. The number of amides is 1. The quantitative estimate of drug-likeness (QED) is 0.858. The van der Waals surface area contributed by atoms with E-state index in [1.54, 1.807) is 0 Å². The predicted octanol–water partition coefficient (Wildman–Crippen LogP) is 2.36. The van der Waals surface area contributed by atoms with Crippen molar-refractivity contribution in [2.45, 2.75) is 38.1 Å². The van der Waals surface area contributed by atoms with Crippen LogP contribution in [0.5, 0.6) is 0 Å². The molecule has 3 heteroatoms. The molecule has 1 aliphatic rings. The van der Waals surface area contributed by atoms with E-state index in [1.807, 2.05) is 30.3 Å². The van der Waals surface area contributed by atoms with Crippen LogP contribution in [0.1, 0.15) is 42.5 Å². The first kappa shape index (κ1) is 13.1. The maximum absolute atomic E-state index is 12.0. The number of nitrogens with one attached hydrogen (secondary N) is 1. The van der Waals surface area contributed by atoms with Gasteiger partial charge >= 0.3 is 0 Å². The van der Waals surface area contributed by atoms with Crippen molar-refractivity contribution in [3.8, 4) is 0 Å². The number of benzene rings is 1. The second-order valence-electron chi connectivity index (χ2n) is 5.07. The molecule has 0 unspecified atom stereocenters. The number of hydrogen-bond acceptors (Lipinski definition) is 2. The summed E-state index contributed by atoms with van der Waals surface area (Å²) in [5.74, 6) is 0.668. The summed E-state index contributed by atoms with van der Waals surface area (Å²) in [4.78, 5) is 12.0. The summed E-state index contributed by atoms with van der Waals surface area (Å²) in [7, 11) is 0. The van der Waals surface area contributed by atoms with Crippen molar-refractivity contribution in [1.29, 1.82) is 0 Å². The molecule has 1 aromatic rings. The minimum absolute atomic E-state index is 0.0289. The van der Waals surface area contributed by atoms with Gasteiger partial charge in [0.05, 0.1) is 0 Å². The summed E-state index contributed by atoms with van der Waals surface area (Å²) in [6, 6.07) is 9.66. The van der Waals surface area contributed by atoms with Gasteiger partial charge in [-0.3, -0.25) is 4.79 Å². The Morgan fingerprint density at radius 2 is 1.83 bits per heavy atom. The summed E-state index contributed by atoms with van der Waals surface area (Å²) in [6.07, 6.45) is 5.19. The van der Waals surface area contributed by atoms with E-state index in [2.05, 4.69) is 5.32 Å². The van der Waals surface area contributed by atoms with E-state index < -0.39 is 0 Å². The highest BCUT2D eigenvalue weighted by atomic mass is 16.3. The average Bonchev–Trinajstić information content (AvgIpc) is 2.42. The van der Waals surface area contributed by atoms with Crippen LogP contribution in [0.4, 0.5) is 0 Å². The monoisotopic (exact) mass is 247 g/mol. The molecule has 1 saturated carbocycles. The molecule has 1 aliphatic carbocycles. The number of hydrogen-bond donors (Lipinski definition) is 2. The van der Waals surface area contributed by atoms with Gasteiger partial charge in [0.2, 0.25) is 0 Å². The van der Waals surface area contributed by atoms with Gasteiger partial charge in [-0.25, -0.2) is 0 Å². The third-order valence-corrected chi connectivity index (χ3v) is 3.76. The first-order chi connectivity index (χ1) is 8.79. The van der Waals surface area contributed by atoms with Crippen LogP contribution in [-0.4, -0.2) is 23.7 Å². The maximum Gasteiger partial charge on any atom is 0.251 e. The molecule has 2 rings (SSSR count). The summed E-state index contributed by atoms with van der Waals surface area (Å²) >= 11 is 0. The van der Waals surface area contributed by atoms with Gasteiger partial charge in [0.25, 0.3) is 5.91 Å². The Labute approximate surface area is 108 Å². The molecule has 0 saturated heterocycles. The minimum Gasteiger partial charge on any atom is -0.396 e. The first-order valence-corrected chi connectivity index (χ1v) is 6.76. The SMILES string of the molecule is O=C(NC1CCC(CCO)CC1)c1ccccc1. The molecule has 0 atom stereocenters. The van der Waals surface area contributed by atoms with Crippen LogP contribution in [-0.2, 0) is 0 Å². The lowest BCUT2D eigenvalue weighted by Crippen LogP contribution is -2.37. The van der Waals surface area contributed by atoms with E-state index in [0.29, 0.717) is 12.0 Å². The van der Waals surface area contributed by atoms with Crippen molar-refractivity contribution in [3.05, 3.63) is 35.9 Å². The second kappa shape index (κ2) is 6.55. The smallest absolute Gasteiger partial charge is 0.251 e. The Kier molecular flexibility index (Phi) is 4.76. The molecule has 0 radical (unpaired) electrons. The van der Waals surface area contributed by atoms with Gasteiger partial charge in [-0.1, -0.05) is 18.2 Å². The number of carbonyl (C=O) groups is 1. The van der Waals surface area contributed by atoms with E-state index in [1.165, 1.54) is 0 Å². The van der Waals surface area contributed by atoms with E-state index in [9.17, 15) is 4.79 Å². The van der Waals surface area contributed by atoms with Crippen LogP contribution >= 0.6 is 0 Å².